The van der Waals surface area contributed by atoms with Crippen LogP contribution >= 0.6 is 0 Å². The predicted octanol–water partition coefficient (Wildman–Crippen LogP) is 1.66. The van der Waals surface area contributed by atoms with Crippen molar-refractivity contribution in [3.05, 3.63) is 29.8 Å². The van der Waals surface area contributed by atoms with Gasteiger partial charge >= 0.3 is 5.97 Å². The number of esters is 1. The van der Waals surface area contributed by atoms with E-state index in [2.05, 4.69) is 9.46 Å². The summed E-state index contributed by atoms with van der Waals surface area (Å²) < 4.78 is 32.5. The molecule has 1 aliphatic carbocycles. The zero-order chi connectivity index (χ0) is 16.9. The Kier molecular flexibility index (Phi) is 6.15. The number of hydrogen-bond acceptors (Lipinski definition) is 5. The highest BCUT2D eigenvalue weighted by atomic mass is 32.2. The maximum atomic E-state index is 12.6. The number of methoxy groups -OCH3 is 1. The molecule has 0 heterocycles. The second-order valence-electron chi connectivity index (χ2n) is 5.88. The van der Waals surface area contributed by atoms with Crippen molar-refractivity contribution in [2.45, 2.75) is 43.0 Å². The monoisotopic (exact) mass is 340 g/mol. The van der Waals surface area contributed by atoms with Gasteiger partial charge in [0.2, 0.25) is 10.0 Å². The van der Waals surface area contributed by atoms with Crippen LogP contribution in [0.15, 0.2) is 29.2 Å². The van der Waals surface area contributed by atoms with Crippen LogP contribution in [0.25, 0.3) is 0 Å². The minimum absolute atomic E-state index is 0.0506. The minimum atomic E-state index is -3.72. The first-order valence-electron chi connectivity index (χ1n) is 7.88. The molecule has 1 aliphatic rings. The highest BCUT2D eigenvalue weighted by Gasteiger charge is 2.27. The van der Waals surface area contributed by atoms with Gasteiger partial charge in [-0.25, -0.2) is 17.9 Å². The average Bonchev–Trinajstić information content (AvgIpc) is 2.60. The molecule has 0 saturated heterocycles. The summed E-state index contributed by atoms with van der Waals surface area (Å²) in [5.41, 5.74) is 5.99. The van der Waals surface area contributed by atoms with Crippen molar-refractivity contribution in [2.75, 3.05) is 13.7 Å². The zero-order valence-electron chi connectivity index (χ0n) is 13.3. The number of carbonyl (C=O) groups excluding carboxylic acids is 1. The molecule has 0 bridgehead atoms. The first kappa shape index (κ1) is 17.9. The summed E-state index contributed by atoms with van der Waals surface area (Å²) in [6.45, 7) is 0.264. The van der Waals surface area contributed by atoms with Crippen LogP contribution in [0.2, 0.25) is 0 Å². The molecule has 0 spiro atoms. The molecule has 6 nitrogen and oxygen atoms in total. The van der Waals surface area contributed by atoms with E-state index < -0.39 is 16.0 Å². The molecular weight excluding hydrogens is 316 g/mol. The third-order valence-corrected chi connectivity index (χ3v) is 5.83. The van der Waals surface area contributed by atoms with Gasteiger partial charge in [-0.05, 0) is 37.0 Å². The van der Waals surface area contributed by atoms with E-state index in [1.54, 1.807) is 0 Å². The van der Waals surface area contributed by atoms with Crippen LogP contribution < -0.4 is 10.5 Å². The molecule has 1 unspecified atom stereocenters. The molecule has 1 saturated carbocycles. The van der Waals surface area contributed by atoms with E-state index in [9.17, 15) is 13.2 Å². The molecule has 0 radical (unpaired) electrons. The SMILES string of the molecule is COC(=O)c1cccc(S(=O)(=O)NC(CN)C2CCCCC2)c1. The number of hydrogen-bond donors (Lipinski definition) is 2. The smallest absolute Gasteiger partial charge is 0.337 e. The largest absolute Gasteiger partial charge is 0.465 e. The van der Waals surface area contributed by atoms with Crippen LogP contribution in [0, 0.1) is 5.92 Å². The first-order chi connectivity index (χ1) is 11.0. The molecular formula is C16H24N2O4S. The van der Waals surface area contributed by atoms with Gasteiger partial charge in [0, 0.05) is 12.6 Å². The van der Waals surface area contributed by atoms with Crippen molar-refractivity contribution in [2.24, 2.45) is 11.7 Å². The van der Waals surface area contributed by atoms with Gasteiger partial charge in [0.1, 0.15) is 0 Å². The van der Waals surface area contributed by atoms with E-state index in [1.165, 1.54) is 37.8 Å². The second kappa shape index (κ2) is 7.90. The molecule has 23 heavy (non-hydrogen) atoms. The summed E-state index contributed by atoms with van der Waals surface area (Å²) in [6.07, 6.45) is 5.41. The molecule has 3 N–H and O–H groups in total. The van der Waals surface area contributed by atoms with Crippen molar-refractivity contribution < 1.29 is 17.9 Å². The topological polar surface area (TPSA) is 98.5 Å². The number of carbonyl (C=O) groups is 1. The van der Waals surface area contributed by atoms with Crippen LogP contribution in [0.3, 0.4) is 0 Å². The normalized spacial score (nSPS) is 17.7. The van der Waals surface area contributed by atoms with Gasteiger partial charge in [-0.2, -0.15) is 0 Å². The van der Waals surface area contributed by atoms with Gasteiger partial charge in [-0.3, -0.25) is 0 Å². The van der Waals surface area contributed by atoms with Gasteiger partial charge in [0.25, 0.3) is 0 Å². The minimum Gasteiger partial charge on any atom is -0.465 e. The zero-order valence-corrected chi connectivity index (χ0v) is 14.1. The molecule has 0 aliphatic heterocycles. The van der Waals surface area contributed by atoms with E-state index in [-0.39, 0.29) is 29.0 Å². The Labute approximate surface area is 137 Å². The fourth-order valence-electron chi connectivity index (χ4n) is 3.05. The molecule has 0 aromatic heterocycles. The summed E-state index contributed by atoms with van der Waals surface area (Å²) in [4.78, 5) is 11.6. The summed E-state index contributed by atoms with van der Waals surface area (Å²) >= 11 is 0. The fraction of sp³-hybridized carbons (Fsp3) is 0.562. The summed E-state index contributed by atoms with van der Waals surface area (Å²) in [5, 5.41) is 0. The number of benzene rings is 1. The van der Waals surface area contributed by atoms with E-state index in [0.717, 1.165) is 25.7 Å². The molecule has 0 amide bonds. The van der Waals surface area contributed by atoms with E-state index in [1.807, 2.05) is 0 Å². The molecule has 7 heteroatoms. The molecule has 1 fully saturated rings. The molecule has 1 atom stereocenters. The molecule has 1 aromatic rings. The fourth-order valence-corrected chi connectivity index (χ4v) is 4.41. The summed E-state index contributed by atoms with van der Waals surface area (Å²) in [5.74, 6) is -0.294. The maximum absolute atomic E-state index is 12.6. The van der Waals surface area contributed by atoms with Crippen molar-refractivity contribution in [3.8, 4) is 0 Å². The van der Waals surface area contributed by atoms with Gasteiger partial charge in [-0.1, -0.05) is 25.3 Å². The van der Waals surface area contributed by atoms with Crippen LogP contribution in [0.1, 0.15) is 42.5 Å². The Morgan fingerprint density at radius 1 is 1.35 bits per heavy atom. The lowest BCUT2D eigenvalue weighted by Crippen LogP contribution is -2.45. The Hall–Kier alpha value is -1.44. The molecule has 128 valence electrons. The van der Waals surface area contributed by atoms with Crippen LogP contribution in [0.5, 0.6) is 0 Å². The highest BCUT2D eigenvalue weighted by molar-refractivity contribution is 7.89. The van der Waals surface area contributed by atoms with E-state index >= 15 is 0 Å². The predicted molar refractivity (Wildman–Crippen MR) is 87.5 cm³/mol. The number of nitrogens with two attached hydrogens (primary N) is 1. The van der Waals surface area contributed by atoms with E-state index in [0.29, 0.717) is 0 Å². The van der Waals surface area contributed by atoms with Crippen molar-refractivity contribution >= 4 is 16.0 Å². The third-order valence-electron chi connectivity index (χ3n) is 4.34. The van der Waals surface area contributed by atoms with Crippen molar-refractivity contribution in [3.63, 3.8) is 0 Å². The van der Waals surface area contributed by atoms with Gasteiger partial charge in [0.15, 0.2) is 0 Å². The van der Waals surface area contributed by atoms with Crippen molar-refractivity contribution in [1.29, 1.82) is 0 Å². The quantitative estimate of drug-likeness (QED) is 0.767. The summed E-state index contributed by atoms with van der Waals surface area (Å²) in [7, 11) is -2.46. The molecule has 1 aromatic carbocycles. The number of sulfonamides is 1. The number of ether oxygens (including phenoxy) is 1. The first-order valence-corrected chi connectivity index (χ1v) is 9.37. The van der Waals surface area contributed by atoms with Gasteiger partial charge in [0.05, 0.1) is 17.6 Å². The number of rotatable bonds is 6. The van der Waals surface area contributed by atoms with Gasteiger partial charge in [-0.15, -0.1) is 0 Å². The van der Waals surface area contributed by atoms with Gasteiger partial charge < -0.3 is 10.5 Å². The lowest BCUT2D eigenvalue weighted by atomic mass is 9.84. The average molecular weight is 340 g/mol. The van der Waals surface area contributed by atoms with Crippen LogP contribution in [-0.2, 0) is 14.8 Å². The standard InChI is InChI=1S/C16H24N2O4S/c1-22-16(19)13-8-5-9-14(10-13)23(20,21)18-15(11-17)12-6-3-2-4-7-12/h5,8-10,12,15,18H,2-4,6-7,11,17H2,1H3. The van der Waals surface area contributed by atoms with E-state index in [4.69, 9.17) is 5.73 Å². The summed E-state index contributed by atoms with van der Waals surface area (Å²) in [6, 6.07) is 5.55. The Morgan fingerprint density at radius 2 is 2.04 bits per heavy atom. The lowest BCUT2D eigenvalue weighted by Gasteiger charge is -2.29. The lowest BCUT2D eigenvalue weighted by molar-refractivity contribution is 0.0600. The number of nitrogens with one attached hydrogen (secondary N) is 1. The third kappa shape index (κ3) is 4.53. The van der Waals surface area contributed by atoms with Crippen molar-refractivity contribution in [1.82, 2.24) is 4.72 Å². The van der Waals surface area contributed by atoms with Crippen LogP contribution in [-0.4, -0.2) is 34.1 Å². The highest BCUT2D eigenvalue weighted by Crippen LogP contribution is 2.27. The second-order valence-corrected chi connectivity index (χ2v) is 7.59. The Bertz CT molecular complexity index is 639. The Balaban J connectivity index is 2.18. The Morgan fingerprint density at radius 3 is 2.65 bits per heavy atom. The van der Waals surface area contributed by atoms with Crippen LogP contribution in [0.4, 0.5) is 0 Å². The maximum Gasteiger partial charge on any atom is 0.337 e. The molecule has 2 rings (SSSR count).